The third-order valence-electron chi connectivity index (χ3n) is 4.45. The van der Waals surface area contributed by atoms with Crippen LogP contribution in [0.25, 0.3) is 0 Å². The van der Waals surface area contributed by atoms with Gasteiger partial charge in [0.05, 0.1) is 12.2 Å². The summed E-state index contributed by atoms with van der Waals surface area (Å²) in [4.78, 5) is 2.23. The maximum Gasteiger partial charge on any atom is 0.390 e. The van der Waals surface area contributed by atoms with Gasteiger partial charge < -0.3 is 4.90 Å². The first kappa shape index (κ1) is 16.0. The maximum atomic E-state index is 12.1. The molecule has 0 aromatic rings. The van der Waals surface area contributed by atoms with Gasteiger partial charge in [0, 0.05) is 19.6 Å². The minimum absolute atomic E-state index is 0.171. The van der Waals surface area contributed by atoms with Crippen LogP contribution in [0.5, 0.6) is 0 Å². The molecule has 0 aromatic heterocycles. The fourth-order valence-corrected chi connectivity index (χ4v) is 4.67. The van der Waals surface area contributed by atoms with Crippen molar-refractivity contribution < 1.29 is 21.6 Å². The molecule has 0 radical (unpaired) electrons. The number of halogens is 3. The van der Waals surface area contributed by atoms with E-state index in [0.717, 1.165) is 32.4 Å². The molecule has 4 nitrogen and oxygen atoms in total. The summed E-state index contributed by atoms with van der Waals surface area (Å²) in [5.74, 6) is -0.830. The molecular formula is C12H21F3N2O2S. The molecule has 2 aliphatic rings. The first-order chi connectivity index (χ1) is 9.12. The first-order valence-corrected chi connectivity index (χ1v) is 8.46. The average molecular weight is 314 g/mol. The summed E-state index contributed by atoms with van der Waals surface area (Å²) in [6.07, 6.45) is -3.12. The van der Waals surface area contributed by atoms with Gasteiger partial charge in [-0.15, -0.1) is 0 Å². The van der Waals surface area contributed by atoms with Crippen LogP contribution in [-0.2, 0) is 10.0 Å². The van der Waals surface area contributed by atoms with Crippen LogP contribution in [0.15, 0.2) is 0 Å². The van der Waals surface area contributed by atoms with E-state index < -0.39 is 28.4 Å². The zero-order valence-electron chi connectivity index (χ0n) is 11.6. The third kappa shape index (κ3) is 3.85. The van der Waals surface area contributed by atoms with E-state index in [9.17, 15) is 21.6 Å². The highest BCUT2D eigenvalue weighted by atomic mass is 32.2. The van der Waals surface area contributed by atoms with E-state index in [1.165, 1.54) is 4.31 Å². The molecule has 20 heavy (non-hydrogen) atoms. The van der Waals surface area contributed by atoms with E-state index >= 15 is 0 Å². The quantitative estimate of drug-likeness (QED) is 0.796. The van der Waals surface area contributed by atoms with Gasteiger partial charge in [-0.1, -0.05) is 0 Å². The summed E-state index contributed by atoms with van der Waals surface area (Å²) >= 11 is 0. The molecule has 2 rings (SSSR count). The van der Waals surface area contributed by atoms with E-state index in [4.69, 9.17) is 0 Å². The van der Waals surface area contributed by atoms with Gasteiger partial charge in [-0.3, -0.25) is 0 Å². The lowest BCUT2D eigenvalue weighted by molar-refractivity contribution is -0.130. The number of likely N-dealkylation sites (tertiary alicyclic amines) is 1. The molecule has 1 spiro atoms. The Bertz CT molecular complexity index is 442. The van der Waals surface area contributed by atoms with Crippen LogP contribution in [0.4, 0.5) is 13.2 Å². The normalized spacial score (nSPS) is 25.4. The second-order valence-corrected chi connectivity index (χ2v) is 8.16. The van der Waals surface area contributed by atoms with E-state index in [-0.39, 0.29) is 5.41 Å². The number of hydrogen-bond acceptors (Lipinski definition) is 3. The highest BCUT2D eigenvalue weighted by Crippen LogP contribution is 2.40. The molecule has 2 heterocycles. The number of hydrogen-bond donors (Lipinski definition) is 0. The van der Waals surface area contributed by atoms with Crippen molar-refractivity contribution >= 4 is 10.0 Å². The summed E-state index contributed by atoms with van der Waals surface area (Å²) in [5, 5.41) is 0. The molecule has 2 fully saturated rings. The Morgan fingerprint density at radius 3 is 2.10 bits per heavy atom. The molecule has 0 amide bonds. The number of sulfonamides is 1. The van der Waals surface area contributed by atoms with Gasteiger partial charge in [-0.05, 0) is 38.3 Å². The second kappa shape index (κ2) is 5.46. The highest BCUT2D eigenvalue weighted by molar-refractivity contribution is 7.89. The van der Waals surface area contributed by atoms with Crippen LogP contribution < -0.4 is 0 Å². The van der Waals surface area contributed by atoms with Gasteiger partial charge >= 0.3 is 6.18 Å². The van der Waals surface area contributed by atoms with Gasteiger partial charge in [0.15, 0.2) is 0 Å². The minimum atomic E-state index is -4.42. The number of rotatable bonds is 3. The van der Waals surface area contributed by atoms with Gasteiger partial charge in [-0.2, -0.15) is 13.2 Å². The van der Waals surface area contributed by atoms with Crippen molar-refractivity contribution in [3.63, 3.8) is 0 Å². The minimum Gasteiger partial charge on any atom is -0.306 e. The Kier molecular flexibility index (Phi) is 4.37. The Morgan fingerprint density at radius 1 is 1.10 bits per heavy atom. The number of nitrogens with zero attached hydrogens (tertiary/aromatic N) is 2. The van der Waals surface area contributed by atoms with E-state index in [1.807, 2.05) is 7.05 Å². The van der Waals surface area contributed by atoms with Gasteiger partial charge in [0.1, 0.15) is 0 Å². The molecule has 0 aliphatic carbocycles. The summed E-state index contributed by atoms with van der Waals surface area (Å²) in [5.41, 5.74) is 0.171. The standard InChI is InChI=1S/C12H21F3N2O2S/c1-16-6-2-11(10-16)3-7-17(8-4-11)20(18,19)9-5-12(13,14)15/h2-10H2,1H3. The molecule has 0 saturated carbocycles. The van der Waals surface area contributed by atoms with Crippen LogP contribution in [0.3, 0.4) is 0 Å². The molecule has 0 bridgehead atoms. The van der Waals surface area contributed by atoms with Crippen molar-refractivity contribution in [2.45, 2.75) is 31.9 Å². The smallest absolute Gasteiger partial charge is 0.306 e. The van der Waals surface area contributed by atoms with Crippen LogP contribution in [0.2, 0.25) is 0 Å². The van der Waals surface area contributed by atoms with Crippen LogP contribution >= 0.6 is 0 Å². The zero-order chi connectivity index (χ0) is 15.0. The predicted octanol–water partition coefficient (Wildman–Crippen LogP) is 1.69. The summed E-state index contributed by atoms with van der Waals surface area (Å²) in [7, 11) is -1.73. The molecule has 0 aromatic carbocycles. The zero-order valence-corrected chi connectivity index (χ0v) is 12.4. The molecule has 2 saturated heterocycles. The fourth-order valence-electron chi connectivity index (χ4n) is 3.18. The first-order valence-electron chi connectivity index (χ1n) is 6.85. The lowest BCUT2D eigenvalue weighted by atomic mass is 9.78. The van der Waals surface area contributed by atoms with Crippen LogP contribution in [0.1, 0.15) is 25.7 Å². The van der Waals surface area contributed by atoms with Crippen molar-refractivity contribution in [3.05, 3.63) is 0 Å². The lowest BCUT2D eigenvalue weighted by Gasteiger charge is -2.38. The molecule has 8 heteroatoms. The van der Waals surface area contributed by atoms with Crippen LogP contribution in [0, 0.1) is 5.41 Å². The van der Waals surface area contributed by atoms with Crippen LogP contribution in [-0.4, -0.2) is 62.8 Å². The molecule has 2 aliphatic heterocycles. The SMILES string of the molecule is CN1CCC2(CCN(S(=O)(=O)CCC(F)(F)F)CC2)C1. The predicted molar refractivity (Wildman–Crippen MR) is 69.8 cm³/mol. The fraction of sp³-hybridized carbons (Fsp3) is 1.00. The summed E-state index contributed by atoms with van der Waals surface area (Å²) in [6, 6.07) is 0. The molecule has 0 unspecified atom stereocenters. The number of alkyl halides is 3. The Labute approximate surface area is 118 Å². The van der Waals surface area contributed by atoms with E-state index in [0.29, 0.717) is 13.1 Å². The Morgan fingerprint density at radius 2 is 1.65 bits per heavy atom. The lowest BCUT2D eigenvalue weighted by Crippen LogP contribution is -2.45. The topological polar surface area (TPSA) is 40.6 Å². The highest BCUT2D eigenvalue weighted by Gasteiger charge is 2.42. The third-order valence-corrected chi connectivity index (χ3v) is 6.32. The van der Waals surface area contributed by atoms with Gasteiger partial charge in [0.25, 0.3) is 0 Å². The average Bonchev–Trinajstić information content (AvgIpc) is 2.68. The van der Waals surface area contributed by atoms with E-state index in [2.05, 4.69) is 4.90 Å². The second-order valence-electron chi connectivity index (χ2n) is 6.07. The molecule has 0 atom stereocenters. The van der Waals surface area contributed by atoms with Gasteiger partial charge in [0.2, 0.25) is 10.0 Å². The monoisotopic (exact) mass is 314 g/mol. The molecule has 0 N–H and O–H groups in total. The van der Waals surface area contributed by atoms with E-state index in [1.54, 1.807) is 0 Å². The molecule has 118 valence electrons. The molecular weight excluding hydrogens is 293 g/mol. The van der Waals surface area contributed by atoms with Crippen molar-refractivity contribution in [3.8, 4) is 0 Å². The largest absolute Gasteiger partial charge is 0.390 e. The Hall–Kier alpha value is -0.340. The van der Waals surface area contributed by atoms with Crippen molar-refractivity contribution in [2.24, 2.45) is 5.41 Å². The van der Waals surface area contributed by atoms with Crippen molar-refractivity contribution in [2.75, 3.05) is 39.0 Å². The summed E-state index contributed by atoms with van der Waals surface area (Å²) in [6.45, 7) is 2.69. The maximum absolute atomic E-state index is 12.1. The summed E-state index contributed by atoms with van der Waals surface area (Å²) < 4.78 is 61.5. The van der Waals surface area contributed by atoms with Crippen molar-refractivity contribution in [1.82, 2.24) is 9.21 Å². The van der Waals surface area contributed by atoms with Crippen molar-refractivity contribution in [1.29, 1.82) is 0 Å². The van der Waals surface area contributed by atoms with Gasteiger partial charge in [-0.25, -0.2) is 12.7 Å². The number of piperidine rings is 1. The Balaban J connectivity index is 1.90.